The minimum atomic E-state index is 0.890. The molecule has 0 spiro atoms. The maximum Gasteiger partial charge on any atom is 0.0507 e. The van der Waals surface area contributed by atoms with Crippen LogP contribution in [0.5, 0.6) is 0 Å². The smallest absolute Gasteiger partial charge is 0.0507 e. The zero-order valence-corrected chi connectivity index (χ0v) is 16.7. The maximum atomic E-state index is 2.71. The van der Waals surface area contributed by atoms with Crippen molar-refractivity contribution >= 4 is 0 Å². The predicted octanol–water partition coefficient (Wildman–Crippen LogP) is 2.58. The van der Waals surface area contributed by atoms with Crippen LogP contribution in [0.2, 0.25) is 0 Å². The molecule has 0 radical (unpaired) electrons. The second-order valence-corrected chi connectivity index (χ2v) is 8.85. The largest absolute Gasteiger partial charge is 0.303 e. The van der Waals surface area contributed by atoms with Gasteiger partial charge in [-0.3, -0.25) is 14.7 Å². The standard InChI is InChI=1S/C21H40N4/c1-20-16-21(2)18-25(17-20)13-7-12-24-15-14-23(19-24)11-6-10-22-8-4-3-5-9-22/h3-4,20-21H,5-19H2,1-2H3. The van der Waals surface area contributed by atoms with Crippen molar-refractivity contribution in [2.24, 2.45) is 11.8 Å². The van der Waals surface area contributed by atoms with Crippen LogP contribution in [0.4, 0.5) is 0 Å². The number of rotatable bonds is 8. The van der Waals surface area contributed by atoms with Crippen LogP contribution in [0.25, 0.3) is 0 Å². The van der Waals surface area contributed by atoms with E-state index in [1.165, 1.54) is 97.8 Å². The first-order valence-corrected chi connectivity index (χ1v) is 10.7. The molecular formula is C21H40N4. The van der Waals surface area contributed by atoms with Crippen LogP contribution < -0.4 is 0 Å². The van der Waals surface area contributed by atoms with E-state index in [1.54, 1.807) is 0 Å². The van der Waals surface area contributed by atoms with E-state index in [0.717, 1.165) is 11.8 Å². The molecule has 0 aromatic rings. The molecule has 2 atom stereocenters. The average Bonchev–Trinajstić information content (AvgIpc) is 3.03. The number of nitrogens with zero attached hydrogens (tertiary/aromatic N) is 4. The second kappa shape index (κ2) is 10.1. The van der Waals surface area contributed by atoms with Crippen LogP contribution in [0.15, 0.2) is 12.2 Å². The monoisotopic (exact) mass is 348 g/mol. The molecule has 3 heterocycles. The predicted molar refractivity (Wildman–Crippen MR) is 107 cm³/mol. The normalized spacial score (nSPS) is 30.3. The van der Waals surface area contributed by atoms with Crippen LogP contribution in [0.3, 0.4) is 0 Å². The van der Waals surface area contributed by atoms with Crippen molar-refractivity contribution in [3.63, 3.8) is 0 Å². The number of hydrogen-bond acceptors (Lipinski definition) is 4. The summed E-state index contributed by atoms with van der Waals surface area (Å²) >= 11 is 0. The van der Waals surface area contributed by atoms with Gasteiger partial charge in [0.25, 0.3) is 0 Å². The number of piperidine rings is 1. The molecule has 0 bridgehead atoms. The van der Waals surface area contributed by atoms with E-state index in [-0.39, 0.29) is 0 Å². The Hall–Kier alpha value is -0.420. The molecule has 3 aliphatic rings. The van der Waals surface area contributed by atoms with Gasteiger partial charge in [-0.05, 0) is 50.6 Å². The van der Waals surface area contributed by atoms with Gasteiger partial charge in [0.1, 0.15) is 0 Å². The molecule has 0 saturated carbocycles. The molecule has 4 nitrogen and oxygen atoms in total. The van der Waals surface area contributed by atoms with E-state index in [4.69, 9.17) is 0 Å². The highest BCUT2D eigenvalue weighted by Gasteiger charge is 2.23. The summed E-state index contributed by atoms with van der Waals surface area (Å²) in [6.45, 7) is 18.8. The average molecular weight is 349 g/mol. The fraction of sp³-hybridized carbons (Fsp3) is 0.905. The zero-order valence-electron chi connectivity index (χ0n) is 16.7. The molecule has 0 aromatic heterocycles. The summed E-state index contributed by atoms with van der Waals surface area (Å²) in [6, 6.07) is 0. The minimum Gasteiger partial charge on any atom is -0.303 e. The first kappa shape index (κ1) is 19.3. The van der Waals surface area contributed by atoms with Gasteiger partial charge in [0.2, 0.25) is 0 Å². The van der Waals surface area contributed by atoms with Crippen molar-refractivity contribution in [2.45, 2.75) is 39.5 Å². The molecule has 25 heavy (non-hydrogen) atoms. The summed E-state index contributed by atoms with van der Waals surface area (Å²) in [5, 5.41) is 0. The van der Waals surface area contributed by atoms with E-state index in [9.17, 15) is 0 Å². The highest BCUT2D eigenvalue weighted by atomic mass is 15.4. The van der Waals surface area contributed by atoms with Gasteiger partial charge in [-0.15, -0.1) is 0 Å². The minimum absolute atomic E-state index is 0.890. The van der Waals surface area contributed by atoms with E-state index in [2.05, 4.69) is 45.6 Å². The van der Waals surface area contributed by atoms with Gasteiger partial charge >= 0.3 is 0 Å². The lowest BCUT2D eigenvalue weighted by Crippen LogP contribution is -2.40. The van der Waals surface area contributed by atoms with Gasteiger partial charge in [0, 0.05) is 52.4 Å². The summed E-state index contributed by atoms with van der Waals surface area (Å²) in [5.74, 6) is 1.78. The lowest BCUT2D eigenvalue weighted by Gasteiger charge is -2.35. The zero-order chi connectivity index (χ0) is 17.5. The lowest BCUT2D eigenvalue weighted by molar-refractivity contribution is 0.133. The van der Waals surface area contributed by atoms with E-state index >= 15 is 0 Å². The molecule has 2 saturated heterocycles. The van der Waals surface area contributed by atoms with Crippen molar-refractivity contribution in [1.82, 2.24) is 19.6 Å². The summed E-state index contributed by atoms with van der Waals surface area (Å²) < 4.78 is 0. The van der Waals surface area contributed by atoms with Crippen LogP contribution in [-0.2, 0) is 0 Å². The first-order chi connectivity index (χ1) is 12.2. The van der Waals surface area contributed by atoms with Crippen LogP contribution >= 0.6 is 0 Å². The van der Waals surface area contributed by atoms with Gasteiger partial charge in [0.15, 0.2) is 0 Å². The van der Waals surface area contributed by atoms with Crippen LogP contribution in [0.1, 0.15) is 39.5 Å². The molecule has 0 amide bonds. The third-order valence-electron chi connectivity index (χ3n) is 6.12. The molecule has 0 aromatic carbocycles. The second-order valence-electron chi connectivity index (χ2n) is 8.85. The van der Waals surface area contributed by atoms with Gasteiger partial charge in [-0.25, -0.2) is 0 Å². The molecule has 144 valence electrons. The topological polar surface area (TPSA) is 13.0 Å². The van der Waals surface area contributed by atoms with E-state index in [1.807, 2.05) is 0 Å². The summed E-state index contributed by atoms with van der Waals surface area (Å²) in [6.07, 6.45) is 9.97. The quantitative estimate of drug-likeness (QED) is 0.625. The van der Waals surface area contributed by atoms with Gasteiger partial charge in [-0.2, -0.15) is 0 Å². The molecule has 3 aliphatic heterocycles. The van der Waals surface area contributed by atoms with Crippen molar-refractivity contribution < 1.29 is 0 Å². The summed E-state index contributed by atoms with van der Waals surface area (Å²) in [5.41, 5.74) is 0. The fourth-order valence-corrected chi connectivity index (χ4v) is 4.98. The highest BCUT2D eigenvalue weighted by Crippen LogP contribution is 2.21. The Morgan fingerprint density at radius 3 is 1.92 bits per heavy atom. The highest BCUT2D eigenvalue weighted by molar-refractivity contribution is 4.90. The molecule has 0 N–H and O–H groups in total. The maximum absolute atomic E-state index is 2.71. The Morgan fingerprint density at radius 1 is 0.720 bits per heavy atom. The van der Waals surface area contributed by atoms with Crippen molar-refractivity contribution in [3.8, 4) is 0 Å². The number of likely N-dealkylation sites (tertiary alicyclic amines) is 1. The molecule has 2 fully saturated rings. The first-order valence-electron chi connectivity index (χ1n) is 10.7. The molecule has 3 rings (SSSR count). The molecular weight excluding hydrogens is 308 g/mol. The Kier molecular flexibility index (Phi) is 7.78. The lowest BCUT2D eigenvalue weighted by atomic mass is 9.92. The van der Waals surface area contributed by atoms with Gasteiger partial charge < -0.3 is 4.90 Å². The SMILES string of the molecule is CC1CC(C)CN(CCCN2CCN(CCCN3CC=CCC3)C2)C1. The summed E-state index contributed by atoms with van der Waals surface area (Å²) in [7, 11) is 0. The third kappa shape index (κ3) is 6.67. The van der Waals surface area contributed by atoms with Crippen molar-refractivity contribution in [3.05, 3.63) is 12.2 Å². The molecule has 0 aliphatic carbocycles. The molecule has 4 heteroatoms. The Balaban J connectivity index is 1.24. The van der Waals surface area contributed by atoms with Gasteiger partial charge in [0.05, 0.1) is 6.67 Å². The summed E-state index contributed by atoms with van der Waals surface area (Å²) in [4.78, 5) is 10.6. The molecule has 2 unspecified atom stereocenters. The Morgan fingerprint density at radius 2 is 1.32 bits per heavy atom. The third-order valence-corrected chi connectivity index (χ3v) is 6.12. The van der Waals surface area contributed by atoms with Crippen LogP contribution in [-0.4, -0.2) is 91.7 Å². The fourth-order valence-electron chi connectivity index (χ4n) is 4.98. The Bertz CT molecular complexity index is 401. The van der Waals surface area contributed by atoms with E-state index < -0.39 is 0 Å². The van der Waals surface area contributed by atoms with E-state index in [0.29, 0.717) is 0 Å². The van der Waals surface area contributed by atoms with Crippen LogP contribution in [0, 0.1) is 11.8 Å². The number of hydrogen-bond donors (Lipinski definition) is 0. The van der Waals surface area contributed by atoms with Crippen molar-refractivity contribution in [2.75, 3.05) is 72.1 Å². The van der Waals surface area contributed by atoms with Gasteiger partial charge in [-0.1, -0.05) is 26.0 Å². The van der Waals surface area contributed by atoms with Crippen molar-refractivity contribution in [1.29, 1.82) is 0 Å². The Labute approximate surface area is 155 Å².